The van der Waals surface area contributed by atoms with E-state index in [1.807, 2.05) is 36.4 Å². The normalized spacial score (nSPS) is 10.8. The maximum Gasteiger partial charge on any atom is 0.206 e. The van der Waals surface area contributed by atoms with Gasteiger partial charge in [-0.3, -0.25) is 4.79 Å². The summed E-state index contributed by atoms with van der Waals surface area (Å²) in [5.41, 5.74) is 1.06. The molecule has 156 valence electrons. The van der Waals surface area contributed by atoms with E-state index in [4.69, 9.17) is 14.2 Å². The number of Topliss-reactive ketones (excluding diaryl/α,β-unsaturated/α-hetero) is 1. The maximum atomic E-state index is 14.0. The van der Waals surface area contributed by atoms with Crippen LogP contribution in [-0.4, -0.2) is 20.0 Å². The number of rotatable bonds is 8. The molecular weight excluding hydrogens is 397 g/mol. The van der Waals surface area contributed by atoms with Crippen LogP contribution >= 0.6 is 0 Å². The lowest BCUT2D eigenvalue weighted by Crippen LogP contribution is -2.05. The Morgan fingerprint density at radius 1 is 1.00 bits per heavy atom. The molecule has 31 heavy (non-hydrogen) atoms. The van der Waals surface area contributed by atoms with Crippen molar-refractivity contribution in [2.24, 2.45) is 0 Å². The molecule has 3 aromatic carbocycles. The predicted molar refractivity (Wildman–Crippen MR) is 115 cm³/mol. The Kier molecular flexibility index (Phi) is 7.02. The number of methoxy groups -OCH3 is 2. The molecule has 3 aromatic rings. The first-order valence-electron chi connectivity index (χ1n) is 9.41. The first-order chi connectivity index (χ1) is 15.1. The molecule has 0 aliphatic carbocycles. The molecule has 0 aromatic heterocycles. The molecule has 0 amide bonds. The van der Waals surface area contributed by atoms with Crippen LogP contribution in [-0.2, 0) is 6.61 Å². The van der Waals surface area contributed by atoms with Gasteiger partial charge in [-0.25, -0.2) is 4.39 Å². The molecule has 0 aliphatic rings. The zero-order valence-electron chi connectivity index (χ0n) is 17.1. The Hall–Kier alpha value is -4.11. The number of nitriles is 1. The zero-order valence-corrected chi connectivity index (χ0v) is 17.1. The molecule has 0 unspecified atom stereocenters. The van der Waals surface area contributed by atoms with Crippen LogP contribution in [0.2, 0.25) is 0 Å². The lowest BCUT2D eigenvalue weighted by Gasteiger charge is -2.15. The van der Waals surface area contributed by atoms with Crippen molar-refractivity contribution in [3.8, 4) is 23.3 Å². The first kappa shape index (κ1) is 21.6. The van der Waals surface area contributed by atoms with Gasteiger partial charge in [-0.1, -0.05) is 42.5 Å². The largest absolute Gasteiger partial charge is 0.493 e. The average Bonchev–Trinajstić information content (AvgIpc) is 2.81. The molecule has 0 atom stereocenters. The van der Waals surface area contributed by atoms with Crippen molar-refractivity contribution in [1.82, 2.24) is 0 Å². The Balaban J connectivity index is 1.95. The zero-order chi connectivity index (χ0) is 22.2. The molecule has 0 aliphatic heterocycles. The smallest absolute Gasteiger partial charge is 0.206 e. The van der Waals surface area contributed by atoms with Crippen LogP contribution in [0, 0.1) is 17.1 Å². The van der Waals surface area contributed by atoms with Crippen molar-refractivity contribution in [2.75, 3.05) is 14.2 Å². The predicted octanol–water partition coefficient (Wildman–Crippen LogP) is 5.21. The third kappa shape index (κ3) is 5.09. The van der Waals surface area contributed by atoms with Gasteiger partial charge in [-0.15, -0.1) is 0 Å². The second-order valence-corrected chi connectivity index (χ2v) is 6.51. The topological polar surface area (TPSA) is 68.5 Å². The lowest BCUT2D eigenvalue weighted by molar-refractivity contribution is 0.103. The number of hydrogen-bond donors (Lipinski definition) is 0. The van der Waals surface area contributed by atoms with Crippen LogP contribution in [0.25, 0.3) is 6.08 Å². The first-order valence-corrected chi connectivity index (χ1v) is 9.41. The van der Waals surface area contributed by atoms with Crippen molar-refractivity contribution in [2.45, 2.75) is 6.61 Å². The fourth-order valence-corrected chi connectivity index (χ4v) is 2.96. The van der Waals surface area contributed by atoms with Crippen LogP contribution < -0.4 is 14.2 Å². The van der Waals surface area contributed by atoms with Gasteiger partial charge in [-0.05, 0) is 41.5 Å². The minimum absolute atomic E-state index is 0.169. The van der Waals surface area contributed by atoms with Gasteiger partial charge in [0.25, 0.3) is 0 Å². The fraction of sp³-hybridized carbons (Fsp3) is 0.120. The number of allylic oxidation sites excluding steroid dienone is 1. The summed E-state index contributed by atoms with van der Waals surface area (Å²) >= 11 is 0. The van der Waals surface area contributed by atoms with Crippen LogP contribution in [0.4, 0.5) is 4.39 Å². The number of hydrogen-bond acceptors (Lipinski definition) is 5. The van der Waals surface area contributed by atoms with Gasteiger partial charge in [0.05, 0.1) is 19.8 Å². The Labute approximate surface area is 179 Å². The molecule has 5 nitrogen and oxygen atoms in total. The van der Waals surface area contributed by atoms with E-state index in [-0.39, 0.29) is 11.1 Å². The summed E-state index contributed by atoms with van der Waals surface area (Å²) in [7, 11) is 2.96. The Morgan fingerprint density at radius 2 is 1.61 bits per heavy atom. The molecule has 0 spiro atoms. The van der Waals surface area contributed by atoms with Gasteiger partial charge in [0.2, 0.25) is 11.5 Å². The summed E-state index contributed by atoms with van der Waals surface area (Å²) in [6.07, 6.45) is 1.36. The molecule has 0 saturated heterocycles. The second-order valence-electron chi connectivity index (χ2n) is 6.51. The molecule has 0 radical (unpaired) electrons. The number of carbonyl (C=O) groups excluding carboxylic acids is 1. The number of benzene rings is 3. The highest BCUT2D eigenvalue weighted by atomic mass is 19.1. The minimum Gasteiger partial charge on any atom is -0.493 e. The molecule has 3 rings (SSSR count). The van der Waals surface area contributed by atoms with Crippen LogP contribution in [0.3, 0.4) is 0 Å². The van der Waals surface area contributed by atoms with Gasteiger partial charge in [-0.2, -0.15) is 5.26 Å². The highest BCUT2D eigenvalue weighted by Crippen LogP contribution is 2.39. The molecule has 6 heteroatoms. The van der Waals surface area contributed by atoms with Gasteiger partial charge in [0.15, 0.2) is 11.5 Å². The number of nitrogens with zero attached hydrogens (tertiary/aromatic N) is 1. The average molecular weight is 417 g/mol. The number of halogens is 1. The molecule has 0 N–H and O–H groups in total. The van der Waals surface area contributed by atoms with E-state index in [1.54, 1.807) is 12.1 Å². The van der Waals surface area contributed by atoms with Crippen molar-refractivity contribution >= 4 is 11.9 Å². The molecule has 0 saturated carbocycles. The maximum absolute atomic E-state index is 14.0. The standard InChI is InChI=1S/C25H20FNO4/c1-29-22-13-18(12-19(15-27)24(28)20-10-6-7-11-21(20)26)14-23(30-2)25(22)31-16-17-8-4-3-5-9-17/h3-14H,16H2,1-2H3/b19-12+. The molecule has 0 fully saturated rings. The number of ketones is 1. The van der Waals surface area contributed by atoms with E-state index in [0.717, 1.165) is 5.56 Å². The number of carbonyl (C=O) groups is 1. The second kappa shape index (κ2) is 10.1. The van der Waals surface area contributed by atoms with Crippen molar-refractivity contribution in [1.29, 1.82) is 5.26 Å². The van der Waals surface area contributed by atoms with E-state index in [0.29, 0.717) is 29.4 Å². The molecule has 0 bridgehead atoms. The third-order valence-electron chi connectivity index (χ3n) is 4.50. The SMILES string of the molecule is COc1cc(/C=C(\C#N)C(=O)c2ccccc2F)cc(OC)c1OCc1ccccc1. The molecular formula is C25H20FNO4. The Morgan fingerprint density at radius 3 is 2.19 bits per heavy atom. The Bertz CT molecular complexity index is 1120. The lowest BCUT2D eigenvalue weighted by atomic mass is 10.0. The van der Waals surface area contributed by atoms with Gasteiger partial charge < -0.3 is 14.2 Å². The van der Waals surface area contributed by atoms with Crippen molar-refractivity contribution in [3.05, 3.63) is 94.8 Å². The van der Waals surface area contributed by atoms with Gasteiger partial charge in [0.1, 0.15) is 24.1 Å². The van der Waals surface area contributed by atoms with E-state index in [2.05, 4.69) is 0 Å². The van der Waals surface area contributed by atoms with Crippen molar-refractivity contribution in [3.63, 3.8) is 0 Å². The summed E-state index contributed by atoms with van der Waals surface area (Å²) < 4.78 is 30.7. The summed E-state index contributed by atoms with van der Waals surface area (Å²) in [5, 5.41) is 9.48. The minimum atomic E-state index is -0.706. The van der Waals surface area contributed by atoms with Crippen molar-refractivity contribution < 1.29 is 23.4 Å². The number of ether oxygens (including phenoxy) is 3. The summed E-state index contributed by atoms with van der Waals surface area (Å²) in [4.78, 5) is 12.6. The van der Waals surface area contributed by atoms with Crippen LogP contribution in [0.5, 0.6) is 17.2 Å². The molecule has 0 heterocycles. The highest BCUT2D eigenvalue weighted by Gasteiger charge is 2.18. The quantitative estimate of drug-likeness (QED) is 0.286. The third-order valence-corrected chi connectivity index (χ3v) is 4.50. The van der Waals surface area contributed by atoms with E-state index < -0.39 is 11.6 Å². The fourth-order valence-electron chi connectivity index (χ4n) is 2.96. The van der Waals surface area contributed by atoms with E-state index >= 15 is 0 Å². The summed E-state index contributed by atoms with van der Waals surface area (Å²) in [6.45, 7) is 0.304. The van der Waals surface area contributed by atoms with E-state index in [1.165, 1.54) is 44.6 Å². The van der Waals surface area contributed by atoms with Gasteiger partial charge >= 0.3 is 0 Å². The van der Waals surface area contributed by atoms with Crippen LogP contribution in [0.15, 0.2) is 72.3 Å². The van der Waals surface area contributed by atoms with Crippen LogP contribution in [0.1, 0.15) is 21.5 Å². The monoisotopic (exact) mass is 417 g/mol. The van der Waals surface area contributed by atoms with E-state index in [9.17, 15) is 14.4 Å². The summed E-state index contributed by atoms with van der Waals surface area (Å²) in [6, 6.07) is 20.2. The highest BCUT2D eigenvalue weighted by molar-refractivity contribution is 6.14. The van der Waals surface area contributed by atoms with Gasteiger partial charge in [0, 0.05) is 0 Å². The summed E-state index contributed by atoms with van der Waals surface area (Å²) in [5.74, 6) is -0.254.